The molecule has 0 bridgehead atoms. The van der Waals surface area contributed by atoms with Crippen LogP contribution in [0.15, 0.2) is 25.2 Å². The molecular formula is C16H21N8O8P. The summed E-state index contributed by atoms with van der Waals surface area (Å²) in [6.07, 6.45) is 0.287. The molecule has 1 aliphatic heterocycles. The Labute approximate surface area is 185 Å². The van der Waals surface area contributed by atoms with Crippen molar-refractivity contribution in [2.75, 3.05) is 11.9 Å². The Morgan fingerprint density at radius 1 is 1.30 bits per heavy atom. The van der Waals surface area contributed by atoms with Gasteiger partial charge in [0.1, 0.15) is 24.6 Å². The first kappa shape index (κ1) is 23.3. The van der Waals surface area contributed by atoms with Crippen LogP contribution in [0.5, 0.6) is 0 Å². The van der Waals surface area contributed by atoms with Crippen molar-refractivity contribution in [2.45, 2.75) is 37.0 Å². The summed E-state index contributed by atoms with van der Waals surface area (Å²) in [7, 11) is -4.80. The summed E-state index contributed by atoms with van der Waals surface area (Å²) in [5, 5.41) is 23.1. The van der Waals surface area contributed by atoms with Gasteiger partial charge in [-0.1, -0.05) is 0 Å². The van der Waals surface area contributed by atoms with E-state index in [9.17, 15) is 19.6 Å². The van der Waals surface area contributed by atoms with Gasteiger partial charge < -0.3 is 40.8 Å². The van der Waals surface area contributed by atoms with Crippen molar-refractivity contribution < 1.29 is 38.6 Å². The van der Waals surface area contributed by atoms with Crippen LogP contribution >= 0.6 is 7.82 Å². The number of ether oxygens (including phenoxy) is 1. The van der Waals surface area contributed by atoms with Crippen LogP contribution in [0.25, 0.3) is 11.2 Å². The summed E-state index contributed by atoms with van der Waals surface area (Å²) in [5.74, 6) is -0.467. The third-order valence-corrected chi connectivity index (χ3v) is 5.42. The Kier molecular flexibility index (Phi) is 6.51. The van der Waals surface area contributed by atoms with E-state index >= 15 is 0 Å². The Balaban J connectivity index is 1.51. The van der Waals surface area contributed by atoms with Gasteiger partial charge in [0.25, 0.3) is 0 Å². The molecule has 1 amide bonds. The van der Waals surface area contributed by atoms with Crippen LogP contribution in [0.1, 0.15) is 11.9 Å². The average molecular weight is 484 g/mol. The number of aliphatic hydroxyl groups is 2. The smallest absolute Gasteiger partial charge is 0.387 e. The second kappa shape index (κ2) is 9.20. The number of carbonyl (C=O) groups is 1. The predicted molar refractivity (Wildman–Crippen MR) is 108 cm³/mol. The number of anilines is 1. The van der Waals surface area contributed by atoms with Crippen molar-refractivity contribution in [3.63, 3.8) is 0 Å². The first-order valence-corrected chi connectivity index (χ1v) is 11.1. The van der Waals surface area contributed by atoms with E-state index in [-0.39, 0.29) is 23.4 Å². The first-order chi connectivity index (χ1) is 15.6. The van der Waals surface area contributed by atoms with E-state index in [1.807, 2.05) is 0 Å². The van der Waals surface area contributed by atoms with Crippen LogP contribution in [0.2, 0.25) is 0 Å². The number of fused-ring (bicyclic) bond motifs is 1. The van der Waals surface area contributed by atoms with Crippen molar-refractivity contribution in [3.8, 4) is 0 Å². The number of aromatic nitrogens is 6. The van der Waals surface area contributed by atoms with Crippen LogP contribution in [0, 0.1) is 0 Å². The van der Waals surface area contributed by atoms with Gasteiger partial charge in [0, 0.05) is 12.6 Å². The number of imidazole rings is 2. The van der Waals surface area contributed by atoms with Crippen LogP contribution in [0.4, 0.5) is 5.82 Å². The zero-order chi connectivity index (χ0) is 23.8. The molecule has 1 fully saturated rings. The molecule has 0 saturated carbocycles. The second-order valence-electron chi connectivity index (χ2n) is 7.24. The largest absolute Gasteiger partial charge is 0.469 e. The Hall–Kier alpha value is -2.82. The molecule has 33 heavy (non-hydrogen) atoms. The molecule has 4 rings (SSSR count). The lowest BCUT2D eigenvalue weighted by Crippen LogP contribution is -2.37. The van der Waals surface area contributed by atoms with E-state index in [1.54, 1.807) is 6.20 Å². The number of nitrogens with zero attached hydrogens (tertiary/aromatic N) is 5. The third kappa shape index (κ3) is 5.07. The van der Waals surface area contributed by atoms with Crippen LogP contribution in [0.3, 0.4) is 0 Å². The van der Waals surface area contributed by atoms with Gasteiger partial charge in [0.2, 0.25) is 5.91 Å². The molecule has 178 valence electrons. The number of carbonyl (C=O) groups excluding carboxylic acids is 1. The highest BCUT2D eigenvalue weighted by Gasteiger charge is 2.45. The molecule has 5 atom stereocenters. The predicted octanol–water partition coefficient (Wildman–Crippen LogP) is -2.21. The molecule has 0 aliphatic carbocycles. The summed E-state index contributed by atoms with van der Waals surface area (Å²) in [6.45, 7) is -0.657. The zero-order valence-corrected chi connectivity index (χ0v) is 17.7. The lowest BCUT2D eigenvalue weighted by atomic mass is 10.1. The van der Waals surface area contributed by atoms with Gasteiger partial charge in [-0.25, -0.2) is 24.5 Å². The maximum atomic E-state index is 12.5. The van der Waals surface area contributed by atoms with Gasteiger partial charge in [-0.2, -0.15) is 0 Å². The molecule has 0 radical (unpaired) electrons. The molecule has 3 aromatic heterocycles. The fourth-order valence-corrected chi connectivity index (χ4v) is 3.67. The second-order valence-corrected chi connectivity index (χ2v) is 8.48. The molecule has 17 heteroatoms. The number of aliphatic hydroxyl groups excluding tert-OH is 2. The Morgan fingerprint density at radius 2 is 2.09 bits per heavy atom. The minimum atomic E-state index is -4.80. The van der Waals surface area contributed by atoms with E-state index < -0.39 is 50.9 Å². The van der Waals surface area contributed by atoms with Crippen LogP contribution < -0.4 is 11.1 Å². The van der Waals surface area contributed by atoms with Gasteiger partial charge in [0.15, 0.2) is 23.2 Å². The molecule has 1 aliphatic rings. The number of phosphoric acid groups is 1. The molecule has 0 aromatic carbocycles. The highest BCUT2D eigenvalue weighted by Crippen LogP contribution is 2.38. The number of hydrogen-bond donors (Lipinski definition) is 7. The van der Waals surface area contributed by atoms with Gasteiger partial charge >= 0.3 is 7.82 Å². The van der Waals surface area contributed by atoms with E-state index in [4.69, 9.17) is 20.3 Å². The van der Waals surface area contributed by atoms with Crippen molar-refractivity contribution in [2.24, 2.45) is 5.73 Å². The molecule has 0 unspecified atom stereocenters. The number of nitrogens with two attached hydrogens (primary N) is 1. The normalized spacial score (nSPS) is 24.3. The van der Waals surface area contributed by atoms with Gasteiger partial charge in [-0.05, 0) is 0 Å². The summed E-state index contributed by atoms with van der Waals surface area (Å²) in [6, 6.07) is -0.912. The lowest BCUT2D eigenvalue weighted by molar-refractivity contribution is -0.117. The highest BCUT2D eigenvalue weighted by atomic mass is 31.2. The average Bonchev–Trinajstić information content (AvgIpc) is 3.48. The number of phosphoric ester groups is 1. The maximum Gasteiger partial charge on any atom is 0.469 e. The van der Waals surface area contributed by atoms with E-state index in [0.717, 1.165) is 6.33 Å². The van der Waals surface area contributed by atoms with E-state index in [2.05, 4.69) is 34.8 Å². The van der Waals surface area contributed by atoms with E-state index in [0.29, 0.717) is 5.69 Å². The maximum absolute atomic E-state index is 12.5. The number of rotatable bonds is 8. The number of nitrogens with one attached hydrogen (secondary N) is 2. The minimum Gasteiger partial charge on any atom is -0.387 e. The molecule has 3 aromatic rings. The van der Waals surface area contributed by atoms with Gasteiger partial charge in [-0.3, -0.25) is 13.9 Å². The SMILES string of the molecule is N[C@@H](Cc1c[nH]cn1)C(=O)Nc1ncnc2c1ncn2[C@@H]1O[C@H](COP(=O)(O)O)[C@@H](O)[C@H]1O. The fourth-order valence-electron chi connectivity index (χ4n) is 3.33. The summed E-state index contributed by atoms with van der Waals surface area (Å²) < 4.78 is 22.1. The molecule has 16 nitrogen and oxygen atoms in total. The molecule has 4 heterocycles. The standard InChI is InChI=1S/C16H21N8O8P/c17-8(1-7-2-18-4-19-7)15(27)23-13-10-14(21-5-20-13)24(6-22-10)16-12(26)11(25)9(32-16)3-31-33(28,29)30/h2,4-6,8-9,11-12,16,25-26H,1,3,17H2,(H,18,19)(H2,28,29,30)(H,20,21,23,27)/t8-,9+,11+,12+,16+/m0/s1. The van der Waals surface area contributed by atoms with Crippen molar-refractivity contribution in [1.82, 2.24) is 29.5 Å². The molecule has 0 spiro atoms. The molecule has 8 N–H and O–H groups in total. The Morgan fingerprint density at radius 3 is 2.79 bits per heavy atom. The quantitative estimate of drug-likeness (QED) is 0.168. The monoisotopic (exact) mass is 484 g/mol. The highest BCUT2D eigenvalue weighted by molar-refractivity contribution is 7.46. The minimum absolute atomic E-state index is 0.0654. The summed E-state index contributed by atoms with van der Waals surface area (Å²) >= 11 is 0. The summed E-state index contributed by atoms with van der Waals surface area (Å²) in [4.78, 5) is 49.2. The Bertz CT molecular complexity index is 1170. The van der Waals surface area contributed by atoms with Crippen LogP contribution in [-0.2, 0) is 25.0 Å². The summed E-state index contributed by atoms with van der Waals surface area (Å²) in [5.41, 5.74) is 6.86. The number of amides is 1. The van der Waals surface area contributed by atoms with Gasteiger partial charge in [0.05, 0.1) is 31.0 Å². The third-order valence-electron chi connectivity index (χ3n) is 4.94. The topological polar surface area (TPSA) is 244 Å². The van der Waals surface area contributed by atoms with Crippen molar-refractivity contribution in [3.05, 3.63) is 30.9 Å². The van der Waals surface area contributed by atoms with Gasteiger partial charge in [-0.15, -0.1) is 0 Å². The zero-order valence-electron chi connectivity index (χ0n) is 16.8. The molecule has 1 saturated heterocycles. The van der Waals surface area contributed by atoms with E-state index in [1.165, 1.54) is 17.2 Å². The number of hydrogen-bond acceptors (Lipinski definition) is 11. The van der Waals surface area contributed by atoms with Crippen LogP contribution in [-0.4, -0.2) is 86.4 Å². The number of aromatic amines is 1. The lowest BCUT2D eigenvalue weighted by Gasteiger charge is -2.16. The fraction of sp³-hybridized carbons (Fsp3) is 0.438. The van der Waals surface area contributed by atoms with Crippen molar-refractivity contribution >= 4 is 30.7 Å². The van der Waals surface area contributed by atoms with Crippen molar-refractivity contribution in [1.29, 1.82) is 0 Å². The first-order valence-electron chi connectivity index (χ1n) is 9.57. The number of H-pyrrole nitrogens is 1. The molecular weight excluding hydrogens is 463 g/mol.